The number of ether oxygens (including phenoxy) is 2. The van der Waals surface area contributed by atoms with Gasteiger partial charge in [0.15, 0.2) is 0 Å². The number of anilines is 1. The largest absolute Gasteiger partial charge is 0.492 e. The minimum atomic E-state index is -0.466. The molecule has 138 valence electrons. The van der Waals surface area contributed by atoms with Crippen molar-refractivity contribution in [2.45, 2.75) is 53.6 Å². The summed E-state index contributed by atoms with van der Waals surface area (Å²) < 4.78 is 11.4. The topological polar surface area (TPSA) is 76.7 Å². The van der Waals surface area contributed by atoms with Gasteiger partial charge in [0.25, 0.3) is 0 Å². The van der Waals surface area contributed by atoms with Crippen LogP contribution in [0, 0.1) is 5.41 Å². The highest BCUT2D eigenvalue weighted by molar-refractivity contribution is 5.93. The Labute approximate surface area is 149 Å². The van der Waals surface area contributed by atoms with Gasteiger partial charge in [-0.2, -0.15) is 0 Å². The number of benzene rings is 1. The fraction of sp³-hybridized carbons (Fsp3) is 0.579. The zero-order chi connectivity index (χ0) is 18.6. The summed E-state index contributed by atoms with van der Waals surface area (Å²) in [5.41, 5.74) is 1.22. The molecule has 0 saturated carbocycles. The van der Waals surface area contributed by atoms with Crippen molar-refractivity contribution in [3.05, 3.63) is 17.7 Å². The molecule has 1 aliphatic heterocycles. The summed E-state index contributed by atoms with van der Waals surface area (Å²) in [6.07, 6.45) is 1.16. The second-order valence-electron chi connectivity index (χ2n) is 7.33. The number of nitrogens with one attached hydrogen (secondary N) is 2. The van der Waals surface area contributed by atoms with Gasteiger partial charge in [0, 0.05) is 36.4 Å². The fourth-order valence-electron chi connectivity index (χ4n) is 2.58. The second kappa shape index (κ2) is 7.76. The van der Waals surface area contributed by atoms with Crippen molar-refractivity contribution in [3.8, 4) is 11.5 Å². The van der Waals surface area contributed by atoms with Crippen LogP contribution in [0.5, 0.6) is 11.5 Å². The van der Waals surface area contributed by atoms with Crippen LogP contribution in [0.1, 0.15) is 46.6 Å². The SMILES string of the molecule is CCOc1cc2c(cc1NC(=O)CCNC(=O)C(C)(C)C)OC(C)C2. The van der Waals surface area contributed by atoms with Gasteiger partial charge in [0.1, 0.15) is 17.6 Å². The molecular formula is C19H28N2O4. The van der Waals surface area contributed by atoms with E-state index in [2.05, 4.69) is 10.6 Å². The number of hydrogen-bond donors (Lipinski definition) is 2. The molecule has 1 heterocycles. The summed E-state index contributed by atoms with van der Waals surface area (Å²) in [5.74, 6) is 1.18. The zero-order valence-electron chi connectivity index (χ0n) is 15.7. The highest BCUT2D eigenvalue weighted by Crippen LogP contribution is 2.38. The number of amides is 2. The molecule has 0 radical (unpaired) electrons. The lowest BCUT2D eigenvalue weighted by Gasteiger charge is -2.17. The molecule has 1 aliphatic rings. The van der Waals surface area contributed by atoms with Crippen molar-refractivity contribution in [1.82, 2.24) is 5.32 Å². The van der Waals surface area contributed by atoms with Gasteiger partial charge in [-0.05, 0) is 19.9 Å². The third-order valence-corrected chi connectivity index (χ3v) is 3.89. The van der Waals surface area contributed by atoms with E-state index in [1.54, 1.807) is 0 Å². The summed E-state index contributed by atoms with van der Waals surface area (Å²) in [4.78, 5) is 24.0. The maximum atomic E-state index is 12.2. The van der Waals surface area contributed by atoms with E-state index < -0.39 is 5.41 Å². The Morgan fingerprint density at radius 3 is 2.68 bits per heavy atom. The summed E-state index contributed by atoms with van der Waals surface area (Å²) in [5, 5.41) is 5.63. The van der Waals surface area contributed by atoms with Crippen molar-refractivity contribution >= 4 is 17.5 Å². The van der Waals surface area contributed by atoms with Crippen LogP contribution < -0.4 is 20.1 Å². The maximum absolute atomic E-state index is 12.2. The van der Waals surface area contributed by atoms with Crippen molar-refractivity contribution in [1.29, 1.82) is 0 Å². The van der Waals surface area contributed by atoms with E-state index in [-0.39, 0.29) is 24.3 Å². The first kappa shape index (κ1) is 19.1. The Kier molecular flexibility index (Phi) is 5.93. The number of hydrogen-bond acceptors (Lipinski definition) is 4. The van der Waals surface area contributed by atoms with E-state index in [1.807, 2.05) is 46.8 Å². The maximum Gasteiger partial charge on any atom is 0.226 e. The van der Waals surface area contributed by atoms with Crippen LogP contribution in [-0.2, 0) is 16.0 Å². The molecule has 0 bridgehead atoms. The van der Waals surface area contributed by atoms with Crippen LogP contribution in [0.3, 0.4) is 0 Å². The van der Waals surface area contributed by atoms with Crippen LogP contribution >= 0.6 is 0 Å². The van der Waals surface area contributed by atoms with Crippen LogP contribution in [-0.4, -0.2) is 31.1 Å². The van der Waals surface area contributed by atoms with Gasteiger partial charge in [0.05, 0.1) is 12.3 Å². The molecule has 0 saturated heterocycles. The van der Waals surface area contributed by atoms with Crippen molar-refractivity contribution in [2.24, 2.45) is 5.41 Å². The van der Waals surface area contributed by atoms with Crippen molar-refractivity contribution < 1.29 is 19.1 Å². The number of carbonyl (C=O) groups is 2. The van der Waals surface area contributed by atoms with E-state index >= 15 is 0 Å². The van der Waals surface area contributed by atoms with Crippen LogP contribution in [0.2, 0.25) is 0 Å². The third-order valence-electron chi connectivity index (χ3n) is 3.89. The van der Waals surface area contributed by atoms with Gasteiger partial charge in [-0.25, -0.2) is 0 Å². The molecule has 0 aliphatic carbocycles. The van der Waals surface area contributed by atoms with Gasteiger partial charge >= 0.3 is 0 Å². The monoisotopic (exact) mass is 348 g/mol. The zero-order valence-corrected chi connectivity index (χ0v) is 15.7. The number of fused-ring (bicyclic) bond motifs is 1. The van der Waals surface area contributed by atoms with Gasteiger partial charge < -0.3 is 20.1 Å². The normalized spacial score (nSPS) is 16.0. The fourth-order valence-corrected chi connectivity index (χ4v) is 2.58. The van der Waals surface area contributed by atoms with E-state index in [4.69, 9.17) is 9.47 Å². The molecule has 1 unspecified atom stereocenters. The standard InChI is InChI=1S/C19H28N2O4/c1-6-24-16-10-13-9-12(2)25-15(13)11-14(16)21-17(22)7-8-20-18(23)19(3,4)5/h10-12H,6-9H2,1-5H3,(H,20,23)(H,21,22). The molecule has 1 aromatic rings. The lowest BCUT2D eigenvalue weighted by Crippen LogP contribution is -2.36. The predicted octanol–water partition coefficient (Wildman–Crippen LogP) is 2.90. The second-order valence-corrected chi connectivity index (χ2v) is 7.33. The van der Waals surface area contributed by atoms with Crippen molar-refractivity contribution in [2.75, 3.05) is 18.5 Å². The molecule has 1 aromatic carbocycles. The Morgan fingerprint density at radius 1 is 1.32 bits per heavy atom. The van der Waals surface area contributed by atoms with E-state index in [1.165, 1.54) is 0 Å². The third kappa shape index (κ3) is 5.11. The van der Waals surface area contributed by atoms with Crippen LogP contribution in [0.4, 0.5) is 5.69 Å². The van der Waals surface area contributed by atoms with Gasteiger partial charge in [-0.3, -0.25) is 9.59 Å². The van der Waals surface area contributed by atoms with Crippen LogP contribution in [0.25, 0.3) is 0 Å². The molecule has 0 spiro atoms. The van der Waals surface area contributed by atoms with E-state index in [0.717, 1.165) is 17.7 Å². The first-order chi connectivity index (χ1) is 11.7. The van der Waals surface area contributed by atoms with Crippen LogP contribution in [0.15, 0.2) is 12.1 Å². The quantitative estimate of drug-likeness (QED) is 0.829. The Balaban J connectivity index is 1.98. The number of rotatable bonds is 6. The molecule has 1 atom stereocenters. The van der Waals surface area contributed by atoms with Gasteiger partial charge in [0.2, 0.25) is 11.8 Å². The predicted molar refractivity (Wildman–Crippen MR) is 97.1 cm³/mol. The summed E-state index contributed by atoms with van der Waals surface area (Å²) in [7, 11) is 0. The first-order valence-electron chi connectivity index (χ1n) is 8.75. The van der Waals surface area contributed by atoms with E-state index in [9.17, 15) is 9.59 Å². The smallest absolute Gasteiger partial charge is 0.226 e. The molecule has 2 amide bonds. The molecule has 2 rings (SSSR count). The Bertz CT molecular complexity index is 650. The summed E-state index contributed by atoms with van der Waals surface area (Å²) in [6.45, 7) is 10.2. The van der Waals surface area contributed by atoms with Gasteiger partial charge in [-0.15, -0.1) is 0 Å². The lowest BCUT2D eigenvalue weighted by molar-refractivity contribution is -0.128. The molecule has 6 nitrogen and oxygen atoms in total. The van der Waals surface area contributed by atoms with Gasteiger partial charge in [-0.1, -0.05) is 20.8 Å². The molecule has 6 heteroatoms. The van der Waals surface area contributed by atoms with E-state index in [0.29, 0.717) is 24.6 Å². The summed E-state index contributed by atoms with van der Waals surface area (Å²) >= 11 is 0. The lowest BCUT2D eigenvalue weighted by atomic mass is 9.96. The molecule has 25 heavy (non-hydrogen) atoms. The minimum absolute atomic E-state index is 0.0739. The molecule has 0 aromatic heterocycles. The average Bonchev–Trinajstić information content (AvgIpc) is 2.85. The molecular weight excluding hydrogens is 320 g/mol. The minimum Gasteiger partial charge on any atom is -0.492 e. The van der Waals surface area contributed by atoms with Crippen molar-refractivity contribution in [3.63, 3.8) is 0 Å². The molecule has 0 fully saturated rings. The Hall–Kier alpha value is -2.24. The molecule has 2 N–H and O–H groups in total. The highest BCUT2D eigenvalue weighted by Gasteiger charge is 2.23. The Morgan fingerprint density at radius 2 is 2.04 bits per heavy atom. The average molecular weight is 348 g/mol. The summed E-state index contributed by atoms with van der Waals surface area (Å²) in [6, 6.07) is 3.74. The first-order valence-corrected chi connectivity index (χ1v) is 8.75. The number of carbonyl (C=O) groups excluding carboxylic acids is 2. The highest BCUT2D eigenvalue weighted by atomic mass is 16.5.